The number of alkyl carbamates (subject to hydrolysis) is 1. The van der Waals surface area contributed by atoms with E-state index in [4.69, 9.17) is 9.47 Å². The topological polar surface area (TPSA) is 64.6 Å². The van der Waals surface area contributed by atoms with Crippen LogP contribution in [-0.4, -0.2) is 29.6 Å². The normalized spacial score (nSPS) is 14.1. The molecule has 24 heavy (non-hydrogen) atoms. The van der Waals surface area contributed by atoms with Crippen molar-refractivity contribution in [3.8, 4) is 0 Å². The van der Waals surface area contributed by atoms with Crippen molar-refractivity contribution in [2.24, 2.45) is 5.92 Å². The summed E-state index contributed by atoms with van der Waals surface area (Å²) in [6.45, 7) is 11.1. The van der Waals surface area contributed by atoms with E-state index in [9.17, 15) is 9.59 Å². The number of hydrogen-bond donors (Lipinski definition) is 1. The molecule has 0 fully saturated rings. The van der Waals surface area contributed by atoms with Gasteiger partial charge in [0.1, 0.15) is 11.6 Å². The maximum atomic E-state index is 12.4. The summed E-state index contributed by atoms with van der Waals surface area (Å²) in [6, 6.07) is 8.95. The Bertz CT molecular complexity index is 534. The van der Waals surface area contributed by atoms with Crippen molar-refractivity contribution >= 4 is 11.9 Å². The van der Waals surface area contributed by atoms with Gasteiger partial charge >= 0.3 is 6.09 Å². The lowest BCUT2D eigenvalue weighted by molar-refractivity contribution is -0.128. The highest BCUT2D eigenvalue weighted by Gasteiger charge is 2.31. The highest BCUT2D eigenvalue weighted by Crippen LogP contribution is 2.12. The van der Waals surface area contributed by atoms with Gasteiger partial charge in [-0.3, -0.25) is 4.79 Å². The van der Waals surface area contributed by atoms with Gasteiger partial charge in [0.2, 0.25) is 0 Å². The minimum absolute atomic E-state index is 0.0820. The van der Waals surface area contributed by atoms with E-state index in [0.717, 1.165) is 5.56 Å². The lowest BCUT2D eigenvalue weighted by atomic mass is 9.98. The molecule has 134 valence electrons. The summed E-state index contributed by atoms with van der Waals surface area (Å²) in [6.07, 6.45) is -1.08. The molecule has 1 amide bonds. The Morgan fingerprint density at radius 1 is 1.08 bits per heavy atom. The fourth-order valence-corrected chi connectivity index (χ4v) is 2.11. The number of Topliss-reactive ketones (excluding diaryl/α,β-unsaturated/α-hetero) is 1. The Labute approximate surface area is 144 Å². The molecule has 0 unspecified atom stereocenters. The third kappa shape index (κ3) is 7.13. The molecule has 1 aromatic rings. The molecule has 0 aliphatic carbocycles. The molecule has 5 nitrogen and oxygen atoms in total. The van der Waals surface area contributed by atoms with Gasteiger partial charge in [0.15, 0.2) is 5.78 Å². The lowest BCUT2D eigenvalue weighted by Gasteiger charge is -2.27. The predicted molar refractivity (Wildman–Crippen MR) is 93.7 cm³/mol. The standard InChI is InChI=1S/C19H29NO4/c1-13(2)17(21)16(20-18(22)24-19(4,5)6)14(3)23-12-15-10-8-7-9-11-15/h7-11,13-14,16H,12H2,1-6H3,(H,20,22)/t14-,16+/m0/s1. The summed E-state index contributed by atoms with van der Waals surface area (Å²) < 4.78 is 11.1. The van der Waals surface area contributed by atoms with Gasteiger partial charge in [-0.25, -0.2) is 4.79 Å². The van der Waals surface area contributed by atoms with Crippen LogP contribution in [-0.2, 0) is 20.9 Å². The van der Waals surface area contributed by atoms with Gasteiger partial charge in [0.25, 0.3) is 0 Å². The van der Waals surface area contributed by atoms with Crippen LogP contribution in [0.2, 0.25) is 0 Å². The second-order valence-electron chi connectivity index (χ2n) is 7.18. The molecule has 0 spiro atoms. The third-order valence-electron chi connectivity index (χ3n) is 3.37. The van der Waals surface area contributed by atoms with E-state index >= 15 is 0 Å². The monoisotopic (exact) mass is 335 g/mol. The number of rotatable bonds is 7. The number of ether oxygens (including phenoxy) is 2. The van der Waals surface area contributed by atoms with Gasteiger partial charge in [-0.1, -0.05) is 44.2 Å². The van der Waals surface area contributed by atoms with Gasteiger partial charge < -0.3 is 14.8 Å². The number of carbonyl (C=O) groups is 2. The molecule has 0 aliphatic rings. The van der Waals surface area contributed by atoms with Crippen molar-refractivity contribution in [2.45, 2.75) is 65.9 Å². The molecule has 0 heterocycles. The van der Waals surface area contributed by atoms with Crippen LogP contribution in [0.5, 0.6) is 0 Å². The Morgan fingerprint density at radius 2 is 1.67 bits per heavy atom. The molecule has 0 aromatic heterocycles. The van der Waals surface area contributed by atoms with Crippen molar-refractivity contribution in [3.05, 3.63) is 35.9 Å². The van der Waals surface area contributed by atoms with Crippen LogP contribution in [0.3, 0.4) is 0 Å². The third-order valence-corrected chi connectivity index (χ3v) is 3.37. The Morgan fingerprint density at radius 3 is 2.17 bits per heavy atom. The maximum Gasteiger partial charge on any atom is 0.408 e. The Hall–Kier alpha value is -1.88. The molecule has 1 aromatic carbocycles. The first-order valence-electron chi connectivity index (χ1n) is 8.29. The molecule has 0 bridgehead atoms. The Kier molecular flexibility index (Phi) is 7.42. The second kappa shape index (κ2) is 8.83. The summed E-state index contributed by atoms with van der Waals surface area (Å²) in [5.41, 5.74) is 0.390. The summed E-state index contributed by atoms with van der Waals surface area (Å²) in [7, 11) is 0. The minimum Gasteiger partial charge on any atom is -0.444 e. The largest absolute Gasteiger partial charge is 0.444 e. The predicted octanol–water partition coefficient (Wildman–Crippen LogP) is 3.71. The number of benzene rings is 1. The van der Waals surface area contributed by atoms with Crippen LogP contribution in [0.15, 0.2) is 30.3 Å². The summed E-state index contributed by atoms with van der Waals surface area (Å²) in [5.74, 6) is -0.297. The average molecular weight is 335 g/mol. The summed E-state index contributed by atoms with van der Waals surface area (Å²) >= 11 is 0. The van der Waals surface area contributed by atoms with Gasteiger partial charge in [0, 0.05) is 5.92 Å². The van der Waals surface area contributed by atoms with Crippen molar-refractivity contribution in [3.63, 3.8) is 0 Å². The molecular weight excluding hydrogens is 306 g/mol. The lowest BCUT2D eigenvalue weighted by Crippen LogP contribution is -2.51. The maximum absolute atomic E-state index is 12.4. The first-order valence-corrected chi connectivity index (χ1v) is 8.29. The van der Waals surface area contributed by atoms with Crippen LogP contribution in [0.1, 0.15) is 47.1 Å². The zero-order valence-electron chi connectivity index (χ0n) is 15.5. The molecule has 1 N–H and O–H groups in total. The Balaban J connectivity index is 2.73. The van der Waals surface area contributed by atoms with Gasteiger partial charge in [-0.2, -0.15) is 0 Å². The zero-order valence-corrected chi connectivity index (χ0v) is 15.5. The quantitative estimate of drug-likeness (QED) is 0.825. The van der Waals surface area contributed by atoms with Crippen LogP contribution < -0.4 is 5.32 Å². The van der Waals surface area contributed by atoms with Gasteiger partial charge in [0.05, 0.1) is 12.7 Å². The van der Waals surface area contributed by atoms with Crippen LogP contribution in [0.4, 0.5) is 4.79 Å². The SMILES string of the molecule is CC(C)C(=O)[C@H](NC(=O)OC(C)(C)C)[C@H](C)OCc1ccccc1. The highest BCUT2D eigenvalue weighted by molar-refractivity contribution is 5.89. The van der Waals surface area contributed by atoms with E-state index in [1.165, 1.54) is 0 Å². The number of hydrogen-bond acceptors (Lipinski definition) is 4. The van der Waals surface area contributed by atoms with Crippen LogP contribution in [0, 0.1) is 5.92 Å². The molecule has 0 saturated carbocycles. The fourth-order valence-electron chi connectivity index (χ4n) is 2.11. The number of amides is 1. The average Bonchev–Trinajstić information content (AvgIpc) is 2.48. The summed E-state index contributed by atoms with van der Waals surface area (Å²) in [4.78, 5) is 24.5. The number of nitrogens with one attached hydrogen (secondary N) is 1. The van der Waals surface area contributed by atoms with Crippen molar-refractivity contribution in [2.75, 3.05) is 0 Å². The first kappa shape index (κ1) is 20.2. The molecule has 0 aliphatic heterocycles. The molecule has 0 saturated heterocycles. The van der Waals surface area contributed by atoms with E-state index in [0.29, 0.717) is 6.61 Å². The second-order valence-corrected chi connectivity index (χ2v) is 7.18. The number of ketones is 1. The van der Waals surface area contributed by atoms with Crippen molar-refractivity contribution in [1.29, 1.82) is 0 Å². The van der Waals surface area contributed by atoms with E-state index in [1.807, 2.05) is 30.3 Å². The first-order chi connectivity index (χ1) is 11.1. The smallest absolute Gasteiger partial charge is 0.408 e. The molecule has 0 radical (unpaired) electrons. The van der Waals surface area contributed by atoms with E-state index in [1.54, 1.807) is 41.5 Å². The van der Waals surface area contributed by atoms with E-state index in [2.05, 4.69) is 5.32 Å². The molecule has 2 atom stereocenters. The van der Waals surface area contributed by atoms with E-state index < -0.39 is 23.8 Å². The highest BCUT2D eigenvalue weighted by atomic mass is 16.6. The summed E-state index contributed by atoms with van der Waals surface area (Å²) in [5, 5.41) is 2.66. The van der Waals surface area contributed by atoms with Crippen molar-refractivity contribution < 1.29 is 19.1 Å². The number of carbonyl (C=O) groups excluding carboxylic acids is 2. The minimum atomic E-state index is -0.747. The van der Waals surface area contributed by atoms with Crippen LogP contribution >= 0.6 is 0 Å². The van der Waals surface area contributed by atoms with Gasteiger partial charge in [-0.15, -0.1) is 0 Å². The van der Waals surface area contributed by atoms with Crippen molar-refractivity contribution in [1.82, 2.24) is 5.32 Å². The molecular formula is C19H29NO4. The molecule has 1 rings (SSSR count). The van der Waals surface area contributed by atoms with Gasteiger partial charge in [-0.05, 0) is 33.3 Å². The molecule has 5 heteroatoms. The van der Waals surface area contributed by atoms with Crippen LogP contribution in [0.25, 0.3) is 0 Å². The fraction of sp³-hybridized carbons (Fsp3) is 0.579. The zero-order chi connectivity index (χ0) is 18.3. The van der Waals surface area contributed by atoms with E-state index in [-0.39, 0.29) is 11.7 Å².